The number of rotatable bonds is 3. The molecule has 1 saturated heterocycles. The lowest BCUT2D eigenvalue weighted by atomic mass is 9.72. The van der Waals surface area contributed by atoms with Crippen LogP contribution in [0.1, 0.15) is 75.6 Å². The molecule has 32 heavy (non-hydrogen) atoms. The van der Waals surface area contributed by atoms with Gasteiger partial charge < -0.3 is 13.8 Å². The zero-order chi connectivity index (χ0) is 22.3. The van der Waals surface area contributed by atoms with Crippen LogP contribution in [-0.4, -0.2) is 31.0 Å². The molecule has 1 spiro atoms. The lowest BCUT2D eigenvalue weighted by Crippen LogP contribution is -2.33. The molecule has 2 aromatic carbocycles. The van der Waals surface area contributed by atoms with Gasteiger partial charge in [-0.15, -0.1) is 0 Å². The summed E-state index contributed by atoms with van der Waals surface area (Å²) in [5, 5.41) is 0. The van der Waals surface area contributed by atoms with Crippen LogP contribution >= 0.6 is 8.53 Å². The van der Waals surface area contributed by atoms with Gasteiger partial charge in [0.2, 0.25) is 0 Å². The van der Waals surface area contributed by atoms with Crippen molar-refractivity contribution in [3.8, 4) is 11.5 Å². The predicted octanol–water partition coefficient (Wildman–Crippen LogP) is 6.44. The first-order valence-corrected chi connectivity index (χ1v) is 13.1. The molecule has 0 radical (unpaired) electrons. The van der Waals surface area contributed by atoms with E-state index in [4.69, 9.17) is 13.8 Å². The molecule has 6 rings (SSSR count). The summed E-state index contributed by atoms with van der Waals surface area (Å²) in [5.41, 5.74) is 5.87. The number of nitrogens with zero attached hydrogens (tertiary/aromatic N) is 1. The maximum absolute atomic E-state index is 6.87. The molecule has 4 aliphatic rings. The van der Waals surface area contributed by atoms with Crippen molar-refractivity contribution in [2.24, 2.45) is 0 Å². The van der Waals surface area contributed by atoms with Gasteiger partial charge in [-0.05, 0) is 59.8 Å². The highest BCUT2D eigenvalue weighted by Crippen LogP contribution is 2.68. The maximum atomic E-state index is 6.87. The van der Waals surface area contributed by atoms with Crippen LogP contribution in [0.3, 0.4) is 0 Å². The van der Waals surface area contributed by atoms with E-state index in [-0.39, 0.29) is 16.2 Å². The summed E-state index contributed by atoms with van der Waals surface area (Å²) in [6.07, 6.45) is 4.48. The van der Waals surface area contributed by atoms with Crippen molar-refractivity contribution in [1.82, 2.24) is 4.67 Å². The summed E-state index contributed by atoms with van der Waals surface area (Å²) < 4.78 is 21.7. The molecule has 0 unspecified atom stereocenters. The Morgan fingerprint density at radius 2 is 1.50 bits per heavy atom. The molecule has 2 aliphatic carbocycles. The van der Waals surface area contributed by atoms with E-state index in [1.165, 1.54) is 22.3 Å². The second-order valence-electron chi connectivity index (χ2n) is 11.4. The first-order chi connectivity index (χ1) is 15.3. The third-order valence-corrected chi connectivity index (χ3v) is 9.87. The Morgan fingerprint density at radius 1 is 0.938 bits per heavy atom. The SMILES string of the molecule is COC[C@H]1CCCN1P1Oc2cccc3c2C2(CC3(C)C)CC(C)(C)c3cccc(c32)O1. The Balaban J connectivity index is 1.59. The molecule has 4 nitrogen and oxygen atoms in total. The zero-order valence-corrected chi connectivity index (χ0v) is 20.8. The minimum atomic E-state index is -1.26. The molecular formula is C27H34NO3P. The van der Waals surface area contributed by atoms with E-state index in [0.717, 1.165) is 50.3 Å². The van der Waals surface area contributed by atoms with Crippen LogP contribution in [0.25, 0.3) is 0 Å². The van der Waals surface area contributed by atoms with Gasteiger partial charge in [0.05, 0.1) is 6.61 Å². The van der Waals surface area contributed by atoms with E-state index in [2.05, 4.69) is 68.8 Å². The molecule has 1 atom stereocenters. The summed E-state index contributed by atoms with van der Waals surface area (Å²) in [6.45, 7) is 11.3. The fourth-order valence-electron chi connectivity index (χ4n) is 7.26. The van der Waals surface area contributed by atoms with Crippen LogP contribution in [0.5, 0.6) is 11.5 Å². The van der Waals surface area contributed by atoms with E-state index in [1.54, 1.807) is 7.11 Å². The van der Waals surface area contributed by atoms with E-state index in [9.17, 15) is 0 Å². The highest BCUT2D eigenvalue weighted by Gasteiger charge is 2.59. The van der Waals surface area contributed by atoms with Gasteiger partial charge in [0, 0.05) is 36.2 Å². The summed E-state index contributed by atoms with van der Waals surface area (Å²) in [6, 6.07) is 13.7. The predicted molar refractivity (Wildman–Crippen MR) is 129 cm³/mol. The smallest absolute Gasteiger partial charge is 0.384 e. The first-order valence-electron chi connectivity index (χ1n) is 12.0. The van der Waals surface area contributed by atoms with E-state index < -0.39 is 8.53 Å². The first kappa shape index (κ1) is 21.0. The zero-order valence-electron chi connectivity index (χ0n) is 19.9. The topological polar surface area (TPSA) is 30.9 Å². The minimum Gasteiger partial charge on any atom is -0.427 e. The second-order valence-corrected chi connectivity index (χ2v) is 12.8. The van der Waals surface area contributed by atoms with Crippen LogP contribution in [0.4, 0.5) is 0 Å². The minimum absolute atomic E-state index is 0.0524. The quantitative estimate of drug-likeness (QED) is 0.502. The molecule has 5 heteroatoms. The van der Waals surface area contributed by atoms with Crippen LogP contribution in [0.15, 0.2) is 36.4 Å². The highest BCUT2D eigenvalue weighted by molar-refractivity contribution is 7.45. The molecule has 170 valence electrons. The molecule has 0 saturated carbocycles. The number of hydrogen-bond donors (Lipinski definition) is 0. The fourth-order valence-corrected chi connectivity index (χ4v) is 8.90. The monoisotopic (exact) mass is 451 g/mol. The Kier molecular flexibility index (Phi) is 4.55. The van der Waals surface area contributed by atoms with Crippen LogP contribution < -0.4 is 9.05 Å². The average molecular weight is 452 g/mol. The van der Waals surface area contributed by atoms with E-state index in [0.29, 0.717) is 6.04 Å². The van der Waals surface area contributed by atoms with E-state index in [1.807, 2.05) is 0 Å². The lowest BCUT2D eigenvalue weighted by Gasteiger charge is -2.37. The largest absolute Gasteiger partial charge is 0.427 e. The molecule has 0 N–H and O–H groups in total. The Hall–Kier alpha value is -1.61. The molecule has 0 amide bonds. The van der Waals surface area contributed by atoms with Crippen molar-refractivity contribution in [3.05, 3.63) is 58.7 Å². The molecule has 0 aromatic heterocycles. The molecule has 2 heterocycles. The summed E-state index contributed by atoms with van der Waals surface area (Å²) in [4.78, 5) is 0. The fraction of sp³-hybridized carbons (Fsp3) is 0.556. The molecular weight excluding hydrogens is 417 g/mol. The van der Waals surface area contributed by atoms with Gasteiger partial charge in [-0.25, -0.2) is 4.67 Å². The number of ether oxygens (including phenoxy) is 1. The lowest BCUT2D eigenvalue weighted by molar-refractivity contribution is 0.144. The van der Waals surface area contributed by atoms with Gasteiger partial charge in [0.25, 0.3) is 0 Å². The van der Waals surface area contributed by atoms with Gasteiger partial charge >= 0.3 is 8.53 Å². The summed E-state index contributed by atoms with van der Waals surface area (Å²) in [7, 11) is 0.528. The average Bonchev–Trinajstić information content (AvgIpc) is 3.34. The Morgan fingerprint density at radius 3 is 2.03 bits per heavy atom. The summed E-state index contributed by atoms with van der Waals surface area (Å²) >= 11 is 0. The molecule has 1 fully saturated rings. The van der Waals surface area contributed by atoms with Crippen LogP contribution in [-0.2, 0) is 21.0 Å². The van der Waals surface area contributed by atoms with Crippen LogP contribution in [0.2, 0.25) is 0 Å². The third-order valence-electron chi connectivity index (χ3n) is 8.22. The van der Waals surface area contributed by atoms with Gasteiger partial charge in [0.15, 0.2) is 0 Å². The van der Waals surface area contributed by atoms with Crippen LogP contribution in [0, 0.1) is 0 Å². The number of benzene rings is 2. The molecule has 2 aliphatic heterocycles. The van der Waals surface area contributed by atoms with Crippen molar-refractivity contribution in [1.29, 1.82) is 0 Å². The van der Waals surface area contributed by atoms with Gasteiger partial charge in [-0.3, -0.25) is 0 Å². The van der Waals surface area contributed by atoms with Crippen molar-refractivity contribution >= 4 is 8.53 Å². The molecule has 0 bridgehead atoms. The highest BCUT2D eigenvalue weighted by atomic mass is 31.2. The van der Waals surface area contributed by atoms with Gasteiger partial charge in [0.1, 0.15) is 11.5 Å². The van der Waals surface area contributed by atoms with Crippen molar-refractivity contribution < 1.29 is 13.8 Å². The van der Waals surface area contributed by atoms with Crippen molar-refractivity contribution in [3.63, 3.8) is 0 Å². The third kappa shape index (κ3) is 2.79. The van der Waals surface area contributed by atoms with E-state index >= 15 is 0 Å². The van der Waals surface area contributed by atoms with Crippen molar-refractivity contribution in [2.45, 2.75) is 75.7 Å². The standard InChI is InChI=1S/C27H34NO3P/c1-25(2)16-27-17-26(3,4)20-11-7-13-22(24(20)27)31-32(28-14-8-9-18(28)15-29-5)30-21-12-6-10-19(25)23(21)27/h6-7,10-13,18H,8-9,14-17H2,1-5H3/t18-,27?/m1/s1. The molecule has 2 aromatic rings. The second kappa shape index (κ2) is 6.95. The Bertz CT molecular complexity index is 1010. The Labute approximate surface area is 193 Å². The normalized spacial score (nSPS) is 26.6. The maximum Gasteiger partial charge on any atom is 0.384 e. The summed E-state index contributed by atoms with van der Waals surface area (Å²) in [5.74, 6) is 2.06. The number of methoxy groups -OCH3 is 1. The number of hydrogen-bond acceptors (Lipinski definition) is 4. The van der Waals surface area contributed by atoms with Gasteiger partial charge in [-0.2, -0.15) is 0 Å². The van der Waals surface area contributed by atoms with Gasteiger partial charge in [-0.1, -0.05) is 52.0 Å². The van der Waals surface area contributed by atoms with Crippen molar-refractivity contribution in [2.75, 3.05) is 20.3 Å².